The molecule has 0 aliphatic rings. The van der Waals surface area contributed by atoms with Crippen LogP contribution in [0.15, 0.2) is 79.1 Å². The SMILES string of the molecule is CCCCCCCOc1ccc(-c2cnc(-c3ccc(C[C@H](NC(=O)c4ccc(C(C)(C)C)cc4)C(=O)NCCC(=O)O)cc3)nc2)cc1C#N. The number of aromatic nitrogens is 2. The molecule has 1 heterocycles. The summed E-state index contributed by atoms with van der Waals surface area (Å²) in [6, 6.07) is 21.4. The van der Waals surface area contributed by atoms with E-state index < -0.39 is 23.8 Å². The van der Waals surface area contributed by atoms with Crippen LogP contribution in [0.1, 0.15) is 93.3 Å². The lowest BCUT2D eigenvalue weighted by Crippen LogP contribution is -2.48. The third-order valence-electron chi connectivity index (χ3n) is 8.52. The maximum absolute atomic E-state index is 13.2. The standard InChI is InChI=1S/C41H47N5O5/c1-5-6-7-8-9-22-51-36-19-16-31(24-32(36)25-42)33-26-44-38(45-27-33)29-12-10-28(11-13-29)23-35(40(50)43-21-20-37(47)48)46-39(49)30-14-17-34(18-15-30)41(2,3)4/h10-19,24,26-27,35H,5-9,20-23H2,1-4H3,(H,43,50)(H,46,49)(H,47,48)/t35-/m0/s1. The van der Waals surface area contributed by atoms with E-state index in [2.05, 4.69) is 54.4 Å². The van der Waals surface area contributed by atoms with Crippen molar-refractivity contribution in [2.75, 3.05) is 13.2 Å². The Morgan fingerprint density at radius 3 is 2.18 bits per heavy atom. The Labute approximate surface area is 300 Å². The molecule has 0 unspecified atom stereocenters. The Morgan fingerprint density at radius 1 is 0.882 bits per heavy atom. The number of carboxylic acids is 1. The van der Waals surface area contributed by atoms with Gasteiger partial charge in [-0.15, -0.1) is 0 Å². The number of ether oxygens (including phenoxy) is 1. The lowest BCUT2D eigenvalue weighted by atomic mass is 9.86. The highest BCUT2D eigenvalue weighted by Crippen LogP contribution is 2.27. The normalized spacial score (nSPS) is 11.7. The molecule has 51 heavy (non-hydrogen) atoms. The van der Waals surface area contributed by atoms with Crippen LogP contribution in [0, 0.1) is 11.3 Å². The highest BCUT2D eigenvalue weighted by molar-refractivity contribution is 5.97. The van der Waals surface area contributed by atoms with Gasteiger partial charge in [-0.2, -0.15) is 5.26 Å². The second kappa shape index (κ2) is 18.4. The minimum Gasteiger partial charge on any atom is -0.492 e. The van der Waals surface area contributed by atoms with Crippen molar-refractivity contribution in [2.45, 2.75) is 84.1 Å². The summed E-state index contributed by atoms with van der Waals surface area (Å²) in [5, 5.41) is 24.2. The van der Waals surface area contributed by atoms with Crippen molar-refractivity contribution in [3.05, 3.63) is 101 Å². The summed E-state index contributed by atoms with van der Waals surface area (Å²) in [5.74, 6) is -0.826. The second-order valence-electron chi connectivity index (χ2n) is 13.6. The molecule has 0 spiro atoms. The minimum atomic E-state index is -1.03. The molecule has 10 nitrogen and oxygen atoms in total. The van der Waals surface area contributed by atoms with E-state index in [1.807, 2.05) is 48.5 Å². The van der Waals surface area contributed by atoms with Gasteiger partial charge in [-0.3, -0.25) is 14.4 Å². The van der Waals surface area contributed by atoms with Crippen LogP contribution in [0.2, 0.25) is 0 Å². The monoisotopic (exact) mass is 689 g/mol. The van der Waals surface area contributed by atoms with E-state index in [1.165, 1.54) is 19.3 Å². The van der Waals surface area contributed by atoms with Crippen molar-refractivity contribution < 1.29 is 24.2 Å². The zero-order valence-electron chi connectivity index (χ0n) is 29.9. The molecule has 2 amide bonds. The molecule has 0 radical (unpaired) electrons. The van der Waals surface area contributed by atoms with Gasteiger partial charge in [0.25, 0.3) is 5.91 Å². The van der Waals surface area contributed by atoms with E-state index in [1.54, 1.807) is 30.6 Å². The Balaban J connectivity index is 1.42. The van der Waals surface area contributed by atoms with Gasteiger partial charge in [0.05, 0.1) is 18.6 Å². The van der Waals surface area contributed by atoms with Crippen molar-refractivity contribution in [1.82, 2.24) is 20.6 Å². The second-order valence-corrected chi connectivity index (χ2v) is 13.6. The fourth-order valence-corrected chi connectivity index (χ4v) is 5.45. The Morgan fingerprint density at radius 2 is 1.55 bits per heavy atom. The Hall–Kier alpha value is -5.56. The first-order valence-electron chi connectivity index (χ1n) is 17.5. The van der Waals surface area contributed by atoms with Gasteiger partial charge >= 0.3 is 5.97 Å². The van der Waals surface area contributed by atoms with Crippen LogP contribution < -0.4 is 15.4 Å². The van der Waals surface area contributed by atoms with Crippen molar-refractivity contribution in [1.29, 1.82) is 5.26 Å². The lowest BCUT2D eigenvalue weighted by molar-refractivity contribution is -0.137. The van der Waals surface area contributed by atoms with Gasteiger partial charge in [-0.1, -0.05) is 95.8 Å². The number of carbonyl (C=O) groups is 3. The largest absolute Gasteiger partial charge is 0.492 e. The number of carbonyl (C=O) groups excluding carboxylic acids is 2. The molecule has 1 aromatic heterocycles. The Kier molecular flexibility index (Phi) is 13.8. The summed E-state index contributed by atoms with van der Waals surface area (Å²) in [7, 11) is 0. The van der Waals surface area contributed by atoms with Gasteiger partial charge < -0.3 is 20.5 Å². The predicted octanol–water partition coefficient (Wildman–Crippen LogP) is 7.26. The van der Waals surface area contributed by atoms with E-state index >= 15 is 0 Å². The molecule has 3 aromatic carbocycles. The number of hydrogen-bond donors (Lipinski definition) is 3. The highest BCUT2D eigenvalue weighted by Gasteiger charge is 2.23. The quantitative estimate of drug-likeness (QED) is 0.0979. The van der Waals surface area contributed by atoms with Crippen LogP contribution in [0.25, 0.3) is 22.5 Å². The van der Waals surface area contributed by atoms with E-state index in [0.717, 1.165) is 40.7 Å². The van der Waals surface area contributed by atoms with E-state index in [0.29, 0.717) is 29.3 Å². The first-order chi connectivity index (χ1) is 24.5. The van der Waals surface area contributed by atoms with Crippen molar-refractivity contribution in [2.24, 2.45) is 0 Å². The van der Waals surface area contributed by atoms with Gasteiger partial charge in [-0.25, -0.2) is 9.97 Å². The maximum atomic E-state index is 13.2. The molecule has 10 heteroatoms. The van der Waals surface area contributed by atoms with Gasteiger partial charge in [0, 0.05) is 42.0 Å². The molecule has 0 saturated heterocycles. The smallest absolute Gasteiger partial charge is 0.305 e. The number of nitrogens with one attached hydrogen (secondary N) is 2. The molecule has 4 rings (SSSR count). The third kappa shape index (κ3) is 11.5. The van der Waals surface area contributed by atoms with E-state index in [-0.39, 0.29) is 24.8 Å². The molecule has 1 atom stereocenters. The summed E-state index contributed by atoms with van der Waals surface area (Å²) < 4.78 is 5.88. The van der Waals surface area contributed by atoms with Crippen molar-refractivity contribution in [3.8, 4) is 34.3 Å². The molecule has 0 saturated carbocycles. The van der Waals surface area contributed by atoms with Crippen molar-refractivity contribution in [3.63, 3.8) is 0 Å². The molecular formula is C41H47N5O5. The van der Waals surface area contributed by atoms with Crippen LogP contribution in [0.3, 0.4) is 0 Å². The average molecular weight is 690 g/mol. The van der Waals surface area contributed by atoms with Gasteiger partial charge in [0.2, 0.25) is 5.91 Å². The molecule has 266 valence electrons. The van der Waals surface area contributed by atoms with E-state index in [4.69, 9.17) is 9.84 Å². The lowest BCUT2D eigenvalue weighted by Gasteiger charge is -2.20. The molecule has 0 aliphatic heterocycles. The molecule has 0 bridgehead atoms. The first-order valence-corrected chi connectivity index (χ1v) is 17.5. The minimum absolute atomic E-state index is 0.0535. The first kappa shape index (κ1) is 38.2. The molecular weight excluding hydrogens is 642 g/mol. The predicted molar refractivity (Wildman–Crippen MR) is 197 cm³/mol. The zero-order valence-corrected chi connectivity index (χ0v) is 29.9. The highest BCUT2D eigenvalue weighted by atomic mass is 16.5. The third-order valence-corrected chi connectivity index (χ3v) is 8.52. The molecule has 0 fully saturated rings. The molecule has 4 aromatic rings. The summed E-state index contributed by atoms with van der Waals surface area (Å²) in [6.45, 7) is 8.97. The zero-order chi connectivity index (χ0) is 36.8. The number of rotatable bonds is 17. The summed E-state index contributed by atoms with van der Waals surface area (Å²) in [5.41, 5.74) is 5.00. The number of amides is 2. The van der Waals surface area contributed by atoms with Crippen LogP contribution in [0.5, 0.6) is 5.75 Å². The molecule has 3 N–H and O–H groups in total. The van der Waals surface area contributed by atoms with E-state index in [9.17, 15) is 19.6 Å². The number of nitriles is 1. The molecule has 0 aliphatic carbocycles. The van der Waals surface area contributed by atoms with Gasteiger partial charge in [0.15, 0.2) is 5.82 Å². The summed E-state index contributed by atoms with van der Waals surface area (Å²) in [6.07, 6.45) is 9.04. The van der Waals surface area contributed by atoms with Crippen LogP contribution in [-0.4, -0.2) is 52.1 Å². The topological polar surface area (TPSA) is 154 Å². The number of unbranched alkanes of at least 4 members (excludes halogenated alkanes) is 4. The fourth-order valence-electron chi connectivity index (χ4n) is 5.45. The number of hydrogen-bond acceptors (Lipinski definition) is 7. The number of benzene rings is 3. The maximum Gasteiger partial charge on any atom is 0.305 e. The number of carboxylic acid groups (broad SMARTS) is 1. The summed E-state index contributed by atoms with van der Waals surface area (Å²) >= 11 is 0. The van der Waals surface area contributed by atoms with Gasteiger partial charge in [0.1, 0.15) is 17.9 Å². The van der Waals surface area contributed by atoms with Gasteiger partial charge in [-0.05, 0) is 52.8 Å². The Bertz CT molecular complexity index is 1810. The summed E-state index contributed by atoms with van der Waals surface area (Å²) in [4.78, 5) is 46.4. The number of nitrogens with zero attached hydrogens (tertiary/aromatic N) is 3. The van der Waals surface area contributed by atoms with Crippen LogP contribution in [-0.2, 0) is 21.4 Å². The van der Waals surface area contributed by atoms with Crippen LogP contribution >= 0.6 is 0 Å². The number of aliphatic carboxylic acids is 1. The van der Waals surface area contributed by atoms with Crippen LogP contribution in [0.4, 0.5) is 0 Å². The average Bonchev–Trinajstić information content (AvgIpc) is 3.12. The fraction of sp³-hybridized carbons (Fsp3) is 0.366. The van der Waals surface area contributed by atoms with Crippen molar-refractivity contribution >= 4 is 17.8 Å².